The summed E-state index contributed by atoms with van der Waals surface area (Å²) < 4.78 is 10.2. The Morgan fingerprint density at radius 1 is 1.04 bits per heavy atom. The number of amides is 2. The molecule has 8 heteroatoms. The summed E-state index contributed by atoms with van der Waals surface area (Å²) >= 11 is 4.72. The quantitative estimate of drug-likeness (QED) is 0.504. The molecule has 2 amide bonds. The second-order valence-corrected chi connectivity index (χ2v) is 7.53. The van der Waals surface area contributed by atoms with Gasteiger partial charge in [0.2, 0.25) is 0 Å². The van der Waals surface area contributed by atoms with E-state index in [0.29, 0.717) is 19.4 Å². The van der Waals surface area contributed by atoms with Crippen LogP contribution in [-0.4, -0.2) is 46.1 Å². The third-order valence-electron chi connectivity index (χ3n) is 2.33. The van der Waals surface area contributed by atoms with Gasteiger partial charge in [0, 0.05) is 6.54 Å². The van der Waals surface area contributed by atoms with Gasteiger partial charge < -0.3 is 25.2 Å². The fraction of sp³-hybridized carbons (Fsp3) is 0.800. The number of carbonyl (C=O) groups excluding carboxylic acids is 2. The van der Waals surface area contributed by atoms with Gasteiger partial charge in [0.15, 0.2) is 5.05 Å². The van der Waals surface area contributed by atoms with Gasteiger partial charge >= 0.3 is 12.2 Å². The highest BCUT2D eigenvalue weighted by atomic mass is 32.1. The molecule has 23 heavy (non-hydrogen) atoms. The van der Waals surface area contributed by atoms with E-state index in [-0.39, 0.29) is 5.05 Å². The lowest BCUT2D eigenvalue weighted by Crippen LogP contribution is -2.43. The van der Waals surface area contributed by atoms with E-state index in [2.05, 4.69) is 10.6 Å². The molecule has 0 bridgehead atoms. The molecule has 1 atom stereocenters. The molecule has 0 radical (unpaired) electrons. The van der Waals surface area contributed by atoms with Gasteiger partial charge in [-0.15, -0.1) is 0 Å². The van der Waals surface area contributed by atoms with Crippen molar-refractivity contribution in [1.29, 1.82) is 0 Å². The van der Waals surface area contributed by atoms with Gasteiger partial charge in [0.25, 0.3) is 0 Å². The van der Waals surface area contributed by atoms with Crippen molar-refractivity contribution in [2.24, 2.45) is 0 Å². The molecule has 134 valence electrons. The first kappa shape index (κ1) is 21.4. The molecule has 1 unspecified atom stereocenters. The average Bonchev–Trinajstić information content (AvgIpc) is 2.27. The number of rotatable bonds is 6. The number of ether oxygens (including phenoxy) is 2. The van der Waals surface area contributed by atoms with Crippen LogP contribution in [0, 0.1) is 0 Å². The van der Waals surface area contributed by atoms with Crippen LogP contribution in [0.5, 0.6) is 0 Å². The Morgan fingerprint density at radius 3 is 1.96 bits per heavy atom. The Hall–Kier alpha value is -1.57. The molecule has 3 N–H and O–H groups in total. The SMILES string of the molecule is CC(C)(C)OC(=O)NCCCC(NC(=O)OC(C)(C)C)C(O)=S. The van der Waals surface area contributed by atoms with Gasteiger partial charge in [0.1, 0.15) is 17.2 Å². The Labute approximate surface area is 143 Å². The van der Waals surface area contributed by atoms with Crippen LogP contribution in [0.25, 0.3) is 0 Å². The number of thiocarbonyl (C=S) groups is 1. The van der Waals surface area contributed by atoms with E-state index >= 15 is 0 Å². The normalized spacial score (nSPS) is 13.0. The van der Waals surface area contributed by atoms with E-state index < -0.39 is 29.4 Å². The number of aliphatic hydroxyl groups is 1. The first-order valence-corrected chi connectivity index (χ1v) is 7.90. The van der Waals surface area contributed by atoms with Crippen molar-refractivity contribution in [3.05, 3.63) is 0 Å². The van der Waals surface area contributed by atoms with E-state index in [0.717, 1.165) is 0 Å². The maximum absolute atomic E-state index is 11.7. The molecule has 0 heterocycles. The number of hydrogen-bond acceptors (Lipinski definition) is 5. The molecule has 7 nitrogen and oxygen atoms in total. The highest BCUT2D eigenvalue weighted by Crippen LogP contribution is 2.08. The monoisotopic (exact) mass is 348 g/mol. The molecule has 0 saturated heterocycles. The largest absolute Gasteiger partial charge is 0.500 e. The second-order valence-electron chi connectivity index (χ2n) is 7.11. The maximum atomic E-state index is 11.7. The van der Waals surface area contributed by atoms with Crippen LogP contribution >= 0.6 is 12.2 Å². The minimum absolute atomic E-state index is 0.326. The van der Waals surface area contributed by atoms with Crippen LogP contribution in [0.15, 0.2) is 0 Å². The molecule has 0 aliphatic rings. The zero-order valence-electron chi connectivity index (χ0n) is 14.7. The topological polar surface area (TPSA) is 96.9 Å². The zero-order chi connectivity index (χ0) is 18.3. The van der Waals surface area contributed by atoms with Gasteiger partial charge in [-0.05, 0) is 66.6 Å². The minimum atomic E-state index is -0.708. The van der Waals surface area contributed by atoms with Gasteiger partial charge in [-0.3, -0.25) is 0 Å². The summed E-state index contributed by atoms with van der Waals surface area (Å²) in [6.07, 6.45) is -0.301. The van der Waals surface area contributed by atoms with Crippen molar-refractivity contribution in [2.45, 2.75) is 71.6 Å². The summed E-state index contributed by atoms with van der Waals surface area (Å²) in [5, 5.41) is 14.2. The zero-order valence-corrected chi connectivity index (χ0v) is 15.5. The molecule has 0 saturated carbocycles. The van der Waals surface area contributed by atoms with E-state index in [1.807, 2.05) is 0 Å². The van der Waals surface area contributed by atoms with Crippen LogP contribution in [0.2, 0.25) is 0 Å². The van der Waals surface area contributed by atoms with Crippen LogP contribution in [0.3, 0.4) is 0 Å². The first-order valence-electron chi connectivity index (χ1n) is 7.49. The Kier molecular flexibility index (Phi) is 8.30. The molecule has 0 aliphatic heterocycles. The fourth-order valence-electron chi connectivity index (χ4n) is 1.52. The molecule has 0 aromatic heterocycles. The van der Waals surface area contributed by atoms with Gasteiger partial charge in [-0.25, -0.2) is 9.59 Å². The lowest BCUT2D eigenvalue weighted by atomic mass is 10.1. The maximum Gasteiger partial charge on any atom is 0.408 e. The fourth-order valence-corrected chi connectivity index (χ4v) is 1.69. The van der Waals surface area contributed by atoms with E-state index in [4.69, 9.17) is 21.7 Å². The van der Waals surface area contributed by atoms with Gasteiger partial charge in [-0.2, -0.15) is 0 Å². The Bertz CT molecular complexity index is 427. The van der Waals surface area contributed by atoms with Crippen molar-refractivity contribution in [1.82, 2.24) is 10.6 Å². The van der Waals surface area contributed by atoms with Crippen LogP contribution in [0.4, 0.5) is 9.59 Å². The van der Waals surface area contributed by atoms with Crippen LogP contribution in [-0.2, 0) is 9.47 Å². The highest BCUT2D eigenvalue weighted by molar-refractivity contribution is 7.80. The number of aliphatic hydroxyl groups excluding tert-OH is 1. The number of carbonyl (C=O) groups is 2. The third kappa shape index (κ3) is 12.6. The Balaban J connectivity index is 4.19. The van der Waals surface area contributed by atoms with Crippen molar-refractivity contribution >= 4 is 29.5 Å². The third-order valence-corrected chi connectivity index (χ3v) is 2.61. The van der Waals surface area contributed by atoms with Crippen LogP contribution < -0.4 is 10.6 Å². The smallest absolute Gasteiger partial charge is 0.408 e. The standard InChI is InChI=1S/C15H28N2O5S/c1-14(2,3)21-12(19)16-9-7-8-10(11(18)23)17-13(20)22-15(4,5)6/h10H,7-9H2,1-6H3,(H,16,19)(H,17,20)(H,18,23). The summed E-state index contributed by atoms with van der Waals surface area (Å²) in [5.74, 6) is 0. The molecular weight excluding hydrogens is 320 g/mol. The summed E-state index contributed by atoms with van der Waals surface area (Å²) in [4.78, 5) is 23.2. The van der Waals surface area contributed by atoms with Crippen molar-refractivity contribution < 1.29 is 24.2 Å². The number of alkyl carbamates (subject to hydrolysis) is 2. The van der Waals surface area contributed by atoms with E-state index in [9.17, 15) is 14.7 Å². The lowest BCUT2D eigenvalue weighted by Gasteiger charge is -2.23. The minimum Gasteiger partial charge on any atom is -0.500 e. The highest BCUT2D eigenvalue weighted by Gasteiger charge is 2.22. The second kappa shape index (κ2) is 8.90. The molecule has 0 rings (SSSR count). The summed E-state index contributed by atoms with van der Waals surface area (Å²) in [6, 6.07) is -0.708. The molecule has 0 aliphatic carbocycles. The van der Waals surface area contributed by atoms with Crippen LogP contribution in [0.1, 0.15) is 54.4 Å². The summed E-state index contributed by atoms with van der Waals surface area (Å²) in [6.45, 7) is 10.9. The molecule has 0 fully saturated rings. The Morgan fingerprint density at radius 2 is 1.52 bits per heavy atom. The summed E-state index contributed by atoms with van der Waals surface area (Å²) in [5.41, 5.74) is -1.19. The molecule has 0 spiro atoms. The van der Waals surface area contributed by atoms with Crippen molar-refractivity contribution in [3.8, 4) is 0 Å². The summed E-state index contributed by atoms with van der Waals surface area (Å²) in [7, 11) is 0. The average molecular weight is 348 g/mol. The van der Waals surface area contributed by atoms with Crippen molar-refractivity contribution in [3.63, 3.8) is 0 Å². The van der Waals surface area contributed by atoms with Crippen molar-refractivity contribution in [2.75, 3.05) is 6.54 Å². The number of nitrogens with one attached hydrogen (secondary N) is 2. The predicted molar refractivity (Wildman–Crippen MR) is 91.9 cm³/mol. The van der Waals surface area contributed by atoms with E-state index in [1.165, 1.54) is 0 Å². The van der Waals surface area contributed by atoms with Gasteiger partial charge in [0.05, 0.1) is 0 Å². The number of hydrogen-bond donors (Lipinski definition) is 3. The predicted octanol–water partition coefficient (Wildman–Crippen LogP) is 3.07. The lowest BCUT2D eigenvalue weighted by molar-refractivity contribution is 0.0498. The first-order chi connectivity index (χ1) is 10.3. The molecule has 0 aromatic rings. The molecule has 0 aromatic carbocycles. The molecular formula is C15H28N2O5S. The van der Waals surface area contributed by atoms with E-state index in [1.54, 1.807) is 41.5 Å². The van der Waals surface area contributed by atoms with Gasteiger partial charge in [-0.1, -0.05) is 0 Å².